The highest BCUT2D eigenvalue weighted by Crippen LogP contribution is 2.54. The first-order chi connectivity index (χ1) is 6.68. The molecule has 0 aromatic heterocycles. The van der Waals surface area contributed by atoms with Gasteiger partial charge in [0.15, 0.2) is 0 Å². The minimum absolute atomic E-state index is 0.0214. The summed E-state index contributed by atoms with van der Waals surface area (Å²) in [4.78, 5) is 22.5. The summed E-state index contributed by atoms with van der Waals surface area (Å²) < 4.78 is 5.19. The van der Waals surface area contributed by atoms with Gasteiger partial charge in [-0.2, -0.15) is 0 Å². The monoisotopic (exact) mass is 196 g/mol. The van der Waals surface area contributed by atoms with Crippen molar-refractivity contribution in [2.45, 2.75) is 25.4 Å². The van der Waals surface area contributed by atoms with Gasteiger partial charge in [0, 0.05) is 5.92 Å². The van der Waals surface area contributed by atoms with E-state index in [0.29, 0.717) is 0 Å². The molecule has 76 valence electrons. The van der Waals surface area contributed by atoms with Gasteiger partial charge in [-0.3, -0.25) is 9.59 Å². The van der Waals surface area contributed by atoms with Gasteiger partial charge in [-0.25, -0.2) is 0 Å². The molecule has 0 aromatic rings. The highest BCUT2D eigenvalue weighted by atomic mass is 16.6. The van der Waals surface area contributed by atoms with Crippen LogP contribution in [-0.4, -0.2) is 23.1 Å². The second-order valence-electron chi connectivity index (χ2n) is 4.60. The summed E-state index contributed by atoms with van der Waals surface area (Å²) in [5.41, 5.74) is 0. The van der Waals surface area contributed by atoms with Gasteiger partial charge in [0.25, 0.3) is 0 Å². The average molecular weight is 196 g/mol. The molecular formula is C10H12O4. The third kappa shape index (κ3) is 0.837. The van der Waals surface area contributed by atoms with Crippen LogP contribution in [0.15, 0.2) is 0 Å². The molecule has 0 unspecified atom stereocenters. The maximum Gasteiger partial charge on any atom is 0.310 e. The lowest BCUT2D eigenvalue weighted by atomic mass is 9.85. The van der Waals surface area contributed by atoms with Crippen molar-refractivity contribution in [2.75, 3.05) is 0 Å². The Kier molecular flexibility index (Phi) is 1.47. The molecule has 2 bridgehead atoms. The topological polar surface area (TPSA) is 63.6 Å². The molecule has 0 spiro atoms. The molecule has 1 heterocycles. The van der Waals surface area contributed by atoms with Crippen molar-refractivity contribution in [1.29, 1.82) is 0 Å². The van der Waals surface area contributed by atoms with E-state index < -0.39 is 11.9 Å². The Morgan fingerprint density at radius 2 is 2.21 bits per heavy atom. The smallest absolute Gasteiger partial charge is 0.310 e. The fraction of sp³-hybridized carbons (Fsp3) is 0.800. The van der Waals surface area contributed by atoms with Crippen molar-refractivity contribution < 1.29 is 19.4 Å². The molecule has 0 aromatic carbocycles. The predicted octanol–water partition coefficient (Wildman–Crippen LogP) is 0.659. The van der Waals surface area contributed by atoms with Crippen molar-refractivity contribution in [2.24, 2.45) is 23.7 Å². The second-order valence-corrected chi connectivity index (χ2v) is 4.60. The van der Waals surface area contributed by atoms with E-state index in [1.807, 2.05) is 0 Å². The Morgan fingerprint density at radius 3 is 2.93 bits per heavy atom. The lowest BCUT2D eigenvalue weighted by Crippen LogP contribution is -2.29. The van der Waals surface area contributed by atoms with Gasteiger partial charge in [0.05, 0.1) is 11.8 Å². The quantitative estimate of drug-likeness (QED) is 0.626. The Bertz CT molecular complexity index is 311. The molecule has 3 fully saturated rings. The molecule has 2 saturated carbocycles. The van der Waals surface area contributed by atoms with Crippen LogP contribution in [0.25, 0.3) is 0 Å². The standard InChI is InChI=1S/C10H12O4/c11-9(12)7-4-1-2-6-5(3-4)8(7)10(13)14-6/h4-8H,1-3H2,(H,11,12)/t4-,5-,6+,7+,8+/m1/s1. The zero-order valence-corrected chi connectivity index (χ0v) is 7.68. The van der Waals surface area contributed by atoms with Crippen molar-refractivity contribution in [3.63, 3.8) is 0 Å². The van der Waals surface area contributed by atoms with Crippen molar-refractivity contribution in [1.82, 2.24) is 0 Å². The van der Waals surface area contributed by atoms with E-state index in [9.17, 15) is 9.59 Å². The summed E-state index contributed by atoms with van der Waals surface area (Å²) in [6.07, 6.45) is 2.66. The van der Waals surface area contributed by atoms with E-state index >= 15 is 0 Å². The Labute approximate surface area is 81.2 Å². The third-order valence-electron chi connectivity index (χ3n) is 4.06. The van der Waals surface area contributed by atoms with E-state index in [2.05, 4.69) is 0 Å². The number of esters is 1. The number of ether oxygens (including phenoxy) is 1. The first-order valence-corrected chi connectivity index (χ1v) is 5.12. The summed E-state index contributed by atoms with van der Waals surface area (Å²) in [6.45, 7) is 0. The molecule has 4 heteroatoms. The van der Waals surface area contributed by atoms with E-state index in [4.69, 9.17) is 9.84 Å². The molecule has 2 aliphatic carbocycles. The maximum absolute atomic E-state index is 11.5. The van der Waals surface area contributed by atoms with Gasteiger partial charge in [0.2, 0.25) is 0 Å². The van der Waals surface area contributed by atoms with E-state index in [0.717, 1.165) is 19.3 Å². The Balaban J connectivity index is 2.01. The van der Waals surface area contributed by atoms with Crippen LogP contribution in [0.5, 0.6) is 0 Å². The molecule has 3 rings (SSSR count). The Morgan fingerprint density at radius 1 is 1.43 bits per heavy atom. The molecule has 14 heavy (non-hydrogen) atoms. The van der Waals surface area contributed by atoms with Crippen LogP contribution >= 0.6 is 0 Å². The van der Waals surface area contributed by atoms with Gasteiger partial charge in [-0.15, -0.1) is 0 Å². The third-order valence-corrected chi connectivity index (χ3v) is 4.06. The highest BCUT2D eigenvalue weighted by Gasteiger charge is 2.60. The minimum atomic E-state index is -0.818. The number of carbonyl (C=O) groups excluding carboxylic acids is 1. The maximum atomic E-state index is 11.5. The lowest BCUT2D eigenvalue weighted by Gasteiger charge is -2.25. The SMILES string of the molecule is O=C(O)[C@H]1[C@@H]2CC[C@@H]3OC(=O)[C@H]1[C@@H]3C2. The number of hydrogen-bond donors (Lipinski definition) is 1. The van der Waals surface area contributed by atoms with Crippen LogP contribution in [0.3, 0.4) is 0 Å². The molecule has 1 N–H and O–H groups in total. The summed E-state index contributed by atoms with van der Waals surface area (Å²) in [5.74, 6) is -1.49. The van der Waals surface area contributed by atoms with E-state index in [1.165, 1.54) is 0 Å². The molecule has 3 aliphatic rings. The van der Waals surface area contributed by atoms with Gasteiger partial charge >= 0.3 is 11.9 Å². The summed E-state index contributed by atoms with van der Waals surface area (Å²) in [7, 11) is 0. The van der Waals surface area contributed by atoms with Crippen LogP contribution in [0.1, 0.15) is 19.3 Å². The molecule has 0 radical (unpaired) electrons. The van der Waals surface area contributed by atoms with Gasteiger partial charge in [-0.05, 0) is 25.2 Å². The van der Waals surface area contributed by atoms with Crippen LogP contribution in [-0.2, 0) is 14.3 Å². The van der Waals surface area contributed by atoms with Crippen LogP contribution in [0.2, 0.25) is 0 Å². The number of carbonyl (C=O) groups is 2. The van der Waals surface area contributed by atoms with Crippen molar-refractivity contribution in [3.05, 3.63) is 0 Å². The number of carboxylic acid groups (broad SMARTS) is 1. The highest BCUT2D eigenvalue weighted by molar-refractivity contribution is 5.84. The van der Waals surface area contributed by atoms with Crippen molar-refractivity contribution >= 4 is 11.9 Å². The molecule has 4 nitrogen and oxygen atoms in total. The van der Waals surface area contributed by atoms with E-state index in [-0.39, 0.29) is 29.8 Å². The number of aliphatic carboxylic acids is 1. The molecule has 0 amide bonds. The van der Waals surface area contributed by atoms with Gasteiger partial charge < -0.3 is 9.84 Å². The number of carboxylic acids is 1. The minimum Gasteiger partial charge on any atom is -0.481 e. The van der Waals surface area contributed by atoms with E-state index in [1.54, 1.807) is 0 Å². The molecule has 5 atom stereocenters. The first-order valence-electron chi connectivity index (χ1n) is 5.12. The molecular weight excluding hydrogens is 184 g/mol. The molecule has 1 saturated heterocycles. The van der Waals surface area contributed by atoms with Crippen LogP contribution in [0.4, 0.5) is 0 Å². The normalized spacial score (nSPS) is 49.1. The van der Waals surface area contributed by atoms with Crippen LogP contribution in [0, 0.1) is 23.7 Å². The predicted molar refractivity (Wildman–Crippen MR) is 45.3 cm³/mol. The fourth-order valence-electron chi connectivity index (χ4n) is 3.53. The van der Waals surface area contributed by atoms with Gasteiger partial charge in [0.1, 0.15) is 6.10 Å². The summed E-state index contributed by atoms with van der Waals surface area (Å²) in [5, 5.41) is 9.09. The zero-order valence-electron chi connectivity index (χ0n) is 7.68. The second kappa shape index (κ2) is 2.49. The lowest BCUT2D eigenvalue weighted by molar-refractivity contribution is -0.155. The van der Waals surface area contributed by atoms with Gasteiger partial charge in [-0.1, -0.05) is 0 Å². The summed E-state index contributed by atoms with van der Waals surface area (Å²) >= 11 is 0. The van der Waals surface area contributed by atoms with Crippen molar-refractivity contribution in [3.8, 4) is 0 Å². The summed E-state index contributed by atoms with van der Waals surface area (Å²) in [6, 6.07) is 0. The largest absolute Gasteiger partial charge is 0.481 e. The number of hydrogen-bond acceptors (Lipinski definition) is 3. The Hall–Kier alpha value is -1.06. The zero-order chi connectivity index (χ0) is 9.87. The fourth-order valence-corrected chi connectivity index (χ4v) is 3.53. The van der Waals surface area contributed by atoms with Crippen LogP contribution < -0.4 is 0 Å². The molecule has 1 aliphatic heterocycles. The number of rotatable bonds is 1. The average Bonchev–Trinajstić information content (AvgIpc) is 2.58. The number of fused-ring (bicyclic) bond motifs is 1. The first kappa shape index (κ1) is 8.26.